The molecule has 1 heterocycles. The molecule has 7 nitrogen and oxygen atoms in total. The average Bonchev–Trinajstić information content (AvgIpc) is 2.47. The summed E-state index contributed by atoms with van der Waals surface area (Å²) >= 11 is 0. The molecule has 1 aliphatic rings. The minimum atomic E-state index is -1.41. The Morgan fingerprint density at radius 3 is 2.33 bits per heavy atom. The predicted octanol–water partition coefficient (Wildman–Crippen LogP) is 1.88. The maximum absolute atomic E-state index is 14.2. The Kier molecular flexibility index (Phi) is 4.54. The summed E-state index contributed by atoms with van der Waals surface area (Å²) in [5, 5.41) is 2.30. The maximum atomic E-state index is 14.2. The molecule has 2 rings (SSSR count). The number of benzene rings is 1. The van der Waals surface area contributed by atoms with Gasteiger partial charge in [-0.3, -0.25) is 0 Å². The van der Waals surface area contributed by atoms with E-state index in [2.05, 4.69) is 10.1 Å². The van der Waals surface area contributed by atoms with Crippen molar-refractivity contribution >= 4 is 23.6 Å². The molecule has 24 heavy (non-hydrogen) atoms. The van der Waals surface area contributed by atoms with Crippen molar-refractivity contribution in [1.82, 2.24) is 0 Å². The van der Waals surface area contributed by atoms with Gasteiger partial charge in [-0.1, -0.05) is 0 Å². The van der Waals surface area contributed by atoms with E-state index in [9.17, 15) is 23.2 Å². The zero-order valence-electron chi connectivity index (χ0n) is 12.9. The summed E-state index contributed by atoms with van der Waals surface area (Å²) in [5.74, 6) is -6.92. The van der Waals surface area contributed by atoms with Gasteiger partial charge in [-0.15, -0.1) is 0 Å². The molecule has 0 saturated carbocycles. The second-order valence-corrected chi connectivity index (χ2v) is 5.16. The van der Waals surface area contributed by atoms with Gasteiger partial charge in [0.05, 0.1) is 12.8 Å². The SMILES string of the molecule is COC(=O)c1c(F)ccc(NC=C2C(=O)OC(C)(C)OC2=O)c1F. The minimum Gasteiger partial charge on any atom is -0.465 e. The second kappa shape index (κ2) is 6.26. The first kappa shape index (κ1) is 17.4. The third kappa shape index (κ3) is 3.34. The molecule has 0 unspecified atom stereocenters. The lowest BCUT2D eigenvalue weighted by molar-refractivity contribution is -0.222. The van der Waals surface area contributed by atoms with E-state index in [0.29, 0.717) is 0 Å². The van der Waals surface area contributed by atoms with Crippen molar-refractivity contribution in [2.24, 2.45) is 0 Å². The van der Waals surface area contributed by atoms with Gasteiger partial charge in [0.25, 0.3) is 5.79 Å². The van der Waals surface area contributed by atoms with Crippen LogP contribution in [0.5, 0.6) is 0 Å². The van der Waals surface area contributed by atoms with Crippen molar-refractivity contribution in [2.45, 2.75) is 19.6 Å². The Morgan fingerprint density at radius 2 is 1.79 bits per heavy atom. The van der Waals surface area contributed by atoms with Gasteiger partial charge < -0.3 is 19.5 Å². The summed E-state index contributed by atoms with van der Waals surface area (Å²) < 4.78 is 41.7. The number of nitrogens with one attached hydrogen (secondary N) is 1. The predicted molar refractivity (Wildman–Crippen MR) is 75.7 cm³/mol. The van der Waals surface area contributed by atoms with Crippen LogP contribution in [-0.4, -0.2) is 30.8 Å². The number of halogens is 2. The number of ether oxygens (including phenoxy) is 3. The van der Waals surface area contributed by atoms with E-state index in [4.69, 9.17) is 9.47 Å². The standard InChI is InChI=1S/C15H13F2NO6/c1-15(2)23-12(19)7(13(20)24-15)6-18-9-5-4-8(16)10(11(9)17)14(21)22-3/h4-6,18H,1-3H3. The van der Waals surface area contributed by atoms with Gasteiger partial charge in [0.15, 0.2) is 11.4 Å². The van der Waals surface area contributed by atoms with E-state index < -0.39 is 46.5 Å². The molecule has 0 radical (unpaired) electrons. The number of carbonyl (C=O) groups is 3. The van der Waals surface area contributed by atoms with E-state index in [1.54, 1.807) is 0 Å². The molecule has 0 spiro atoms. The van der Waals surface area contributed by atoms with Gasteiger partial charge in [-0.2, -0.15) is 0 Å². The number of hydrogen-bond acceptors (Lipinski definition) is 7. The molecule has 1 aromatic rings. The summed E-state index contributed by atoms with van der Waals surface area (Å²) in [5.41, 5.74) is -1.77. The summed E-state index contributed by atoms with van der Waals surface area (Å²) in [6, 6.07) is 1.81. The van der Waals surface area contributed by atoms with Crippen molar-refractivity contribution in [3.05, 3.63) is 41.1 Å². The van der Waals surface area contributed by atoms with Crippen LogP contribution in [0.3, 0.4) is 0 Å². The molecule has 9 heteroatoms. The quantitative estimate of drug-likeness (QED) is 0.510. The summed E-state index contributed by atoms with van der Waals surface area (Å²) in [4.78, 5) is 34.9. The zero-order chi connectivity index (χ0) is 18.1. The highest BCUT2D eigenvalue weighted by Gasteiger charge is 2.39. The van der Waals surface area contributed by atoms with Crippen LogP contribution in [0.1, 0.15) is 24.2 Å². The van der Waals surface area contributed by atoms with Gasteiger partial charge in [0.2, 0.25) is 0 Å². The number of carbonyl (C=O) groups excluding carboxylic acids is 3. The Hall–Kier alpha value is -2.97. The van der Waals surface area contributed by atoms with Gasteiger partial charge in [0.1, 0.15) is 11.4 Å². The molecule has 1 fully saturated rings. The zero-order valence-corrected chi connectivity index (χ0v) is 12.9. The van der Waals surface area contributed by atoms with Crippen molar-refractivity contribution in [1.29, 1.82) is 0 Å². The van der Waals surface area contributed by atoms with E-state index >= 15 is 0 Å². The van der Waals surface area contributed by atoms with Crippen LogP contribution in [0.25, 0.3) is 0 Å². The normalized spacial score (nSPS) is 16.1. The van der Waals surface area contributed by atoms with Gasteiger partial charge in [-0.05, 0) is 12.1 Å². The lowest BCUT2D eigenvalue weighted by Gasteiger charge is -2.29. The third-order valence-electron chi connectivity index (χ3n) is 2.97. The second-order valence-electron chi connectivity index (χ2n) is 5.16. The van der Waals surface area contributed by atoms with Crippen LogP contribution < -0.4 is 5.32 Å². The highest BCUT2D eigenvalue weighted by atomic mass is 19.1. The molecule has 0 atom stereocenters. The number of hydrogen-bond donors (Lipinski definition) is 1. The molecule has 128 valence electrons. The molecule has 0 aliphatic carbocycles. The van der Waals surface area contributed by atoms with Crippen molar-refractivity contribution < 1.29 is 37.4 Å². The topological polar surface area (TPSA) is 90.9 Å². The molecule has 1 N–H and O–H groups in total. The molecule has 1 aromatic carbocycles. The number of rotatable bonds is 3. The molecular weight excluding hydrogens is 328 g/mol. The monoisotopic (exact) mass is 341 g/mol. The molecule has 0 aromatic heterocycles. The summed E-state index contributed by atoms with van der Waals surface area (Å²) in [6.07, 6.45) is 0.845. The Morgan fingerprint density at radius 1 is 1.21 bits per heavy atom. The fourth-order valence-electron chi connectivity index (χ4n) is 1.88. The summed E-state index contributed by atoms with van der Waals surface area (Å²) in [7, 11) is 0.971. The van der Waals surface area contributed by atoms with Crippen molar-refractivity contribution in [3.63, 3.8) is 0 Å². The largest absolute Gasteiger partial charge is 0.465 e. The number of anilines is 1. The molecule has 1 aliphatic heterocycles. The third-order valence-corrected chi connectivity index (χ3v) is 2.97. The lowest BCUT2D eigenvalue weighted by atomic mass is 10.1. The minimum absolute atomic E-state index is 0.352. The maximum Gasteiger partial charge on any atom is 0.350 e. The van der Waals surface area contributed by atoms with Crippen molar-refractivity contribution in [2.75, 3.05) is 12.4 Å². The first-order valence-corrected chi connectivity index (χ1v) is 6.66. The van der Waals surface area contributed by atoms with E-state index in [1.165, 1.54) is 13.8 Å². The highest BCUT2D eigenvalue weighted by Crippen LogP contribution is 2.25. The fraction of sp³-hybridized carbons (Fsp3) is 0.267. The van der Waals surface area contributed by atoms with Gasteiger partial charge in [-0.25, -0.2) is 23.2 Å². The van der Waals surface area contributed by atoms with Crippen LogP contribution >= 0.6 is 0 Å². The first-order chi connectivity index (χ1) is 11.2. The fourth-order valence-corrected chi connectivity index (χ4v) is 1.88. The smallest absolute Gasteiger partial charge is 0.350 e. The Labute approximate surface area is 135 Å². The van der Waals surface area contributed by atoms with Crippen molar-refractivity contribution in [3.8, 4) is 0 Å². The van der Waals surface area contributed by atoms with Crippen LogP contribution in [0, 0.1) is 11.6 Å². The molecule has 0 amide bonds. The van der Waals surface area contributed by atoms with Crippen LogP contribution in [0.15, 0.2) is 23.9 Å². The van der Waals surface area contributed by atoms with Gasteiger partial charge >= 0.3 is 17.9 Å². The molecular formula is C15H13F2NO6. The van der Waals surface area contributed by atoms with E-state index in [0.717, 1.165) is 25.4 Å². The van der Waals surface area contributed by atoms with Crippen LogP contribution in [-0.2, 0) is 23.8 Å². The molecule has 1 saturated heterocycles. The number of methoxy groups -OCH3 is 1. The van der Waals surface area contributed by atoms with E-state index in [-0.39, 0.29) is 5.69 Å². The summed E-state index contributed by atoms with van der Waals surface area (Å²) in [6.45, 7) is 2.74. The van der Waals surface area contributed by atoms with Crippen LogP contribution in [0.2, 0.25) is 0 Å². The van der Waals surface area contributed by atoms with Gasteiger partial charge in [0, 0.05) is 20.0 Å². The average molecular weight is 341 g/mol. The number of cyclic esters (lactones) is 2. The Balaban J connectivity index is 2.31. The molecule has 0 bridgehead atoms. The lowest BCUT2D eigenvalue weighted by Crippen LogP contribution is -2.42. The first-order valence-electron chi connectivity index (χ1n) is 6.66. The van der Waals surface area contributed by atoms with E-state index in [1.807, 2.05) is 0 Å². The Bertz CT molecular complexity index is 735. The van der Waals surface area contributed by atoms with Crippen LogP contribution in [0.4, 0.5) is 14.5 Å². The highest BCUT2D eigenvalue weighted by molar-refractivity contribution is 6.15. The number of esters is 3.